The first-order valence-electron chi connectivity index (χ1n) is 23.6. The molecule has 506 valence electrons. The predicted octanol–water partition coefficient (Wildman–Crippen LogP) is 7.32. The van der Waals surface area contributed by atoms with Crippen LogP contribution in [0.1, 0.15) is 90.4 Å². The second-order valence-electron chi connectivity index (χ2n) is 15.9. The third kappa shape index (κ3) is 57.5. The van der Waals surface area contributed by atoms with Crippen LogP contribution in [0.2, 0.25) is 0 Å². The van der Waals surface area contributed by atoms with E-state index in [1.807, 2.05) is 41.5 Å². The van der Waals surface area contributed by atoms with E-state index in [0.717, 1.165) is 0 Å². The van der Waals surface area contributed by atoms with Crippen LogP contribution in [-0.4, -0.2) is 178 Å². The third-order valence-corrected chi connectivity index (χ3v) is 9.75. The lowest BCUT2D eigenvalue weighted by molar-refractivity contribution is 0.0530. The lowest BCUT2D eigenvalue weighted by Gasteiger charge is -2.18. The highest BCUT2D eigenvalue weighted by Gasteiger charge is 2.21. The topological polar surface area (TPSA) is 487 Å². The molecule has 30 nitrogen and oxygen atoms in total. The number of hydrogen-bond donors (Lipinski definition) is 14. The van der Waals surface area contributed by atoms with Gasteiger partial charge in [-0.2, -0.15) is 63.1 Å². The maximum Gasteiger partial charge on any atom is 0.449 e. The van der Waals surface area contributed by atoms with E-state index >= 15 is 0 Å². The molecule has 0 atom stereocenters. The van der Waals surface area contributed by atoms with Crippen LogP contribution in [0.25, 0.3) is 0 Å². The van der Waals surface area contributed by atoms with Crippen molar-refractivity contribution >= 4 is 128 Å². The molecule has 0 unspecified atom stereocenters. The number of para-hydroxylation sites is 4. The van der Waals surface area contributed by atoms with Gasteiger partial charge in [0.2, 0.25) is 0 Å². The molecule has 0 saturated carbocycles. The van der Waals surface area contributed by atoms with Crippen molar-refractivity contribution in [1.29, 1.82) is 0 Å². The number of alkyl halides is 2. The zero-order valence-corrected chi connectivity index (χ0v) is 55.2. The molecular weight excluding hydrogens is 1340 g/mol. The van der Waals surface area contributed by atoms with Crippen LogP contribution in [0.15, 0.2) is 97.1 Å². The summed E-state index contributed by atoms with van der Waals surface area (Å²) in [5.74, 6) is -5.12. The number of nitrogens with two attached hydrogens (primary N) is 2. The van der Waals surface area contributed by atoms with Gasteiger partial charge in [0.15, 0.2) is 11.5 Å². The quantitative estimate of drug-likeness (QED) is 0.0280. The van der Waals surface area contributed by atoms with E-state index in [1.165, 1.54) is 101 Å². The fourth-order valence-electron chi connectivity index (χ4n) is 4.09. The van der Waals surface area contributed by atoms with Gasteiger partial charge in [0.25, 0.3) is 0 Å². The van der Waals surface area contributed by atoms with Crippen molar-refractivity contribution in [3.05, 3.63) is 119 Å². The zero-order chi connectivity index (χ0) is 69.2. The summed E-state index contributed by atoms with van der Waals surface area (Å²) in [6.07, 6.45) is -0.773. The van der Waals surface area contributed by atoms with Crippen molar-refractivity contribution in [2.24, 2.45) is 11.5 Å². The second kappa shape index (κ2) is 53.7. The molecule has 4 aromatic rings. The van der Waals surface area contributed by atoms with Crippen LogP contribution in [0.4, 0.5) is 9.59 Å². The number of aromatic hydroxyl groups is 2. The minimum Gasteiger partial charge on any atom is -0.507 e. The van der Waals surface area contributed by atoms with E-state index in [1.54, 1.807) is 24.3 Å². The fourth-order valence-corrected chi connectivity index (χ4v) is 6.43. The molecule has 0 spiro atoms. The number of nitrogens with one attached hydrogen (secondary N) is 2. The van der Waals surface area contributed by atoms with Crippen molar-refractivity contribution in [2.45, 2.75) is 60.2 Å². The van der Waals surface area contributed by atoms with Gasteiger partial charge in [0.1, 0.15) is 45.0 Å². The number of rotatable bonds is 17. The largest absolute Gasteiger partial charge is 0.507 e. The van der Waals surface area contributed by atoms with E-state index in [9.17, 15) is 54.0 Å². The van der Waals surface area contributed by atoms with Gasteiger partial charge in [0, 0.05) is 31.4 Å². The second-order valence-corrected chi connectivity index (χ2v) is 21.6. The van der Waals surface area contributed by atoms with E-state index in [0.29, 0.717) is 0 Å². The number of carboxylic acids is 4. The highest BCUT2D eigenvalue weighted by Crippen LogP contribution is 2.22. The van der Waals surface area contributed by atoms with Crippen molar-refractivity contribution in [2.75, 3.05) is 70.6 Å². The third-order valence-electron chi connectivity index (χ3n) is 7.06. The van der Waals surface area contributed by atoms with E-state index in [2.05, 4.69) is 80.9 Å². The molecule has 0 radical (unpaired) electrons. The fraction of sp³-hybridized carbons (Fsp3) is 0.400. The Bertz CT molecular complexity index is 2760. The van der Waals surface area contributed by atoms with Crippen molar-refractivity contribution in [3.8, 4) is 23.0 Å². The molecule has 0 aliphatic carbocycles. The predicted molar refractivity (Wildman–Crippen MR) is 341 cm³/mol. The van der Waals surface area contributed by atoms with Gasteiger partial charge in [0.05, 0.1) is 25.2 Å². The van der Waals surface area contributed by atoms with Crippen LogP contribution in [-0.2, 0) is 53.2 Å². The molecule has 0 saturated heterocycles. The number of carboxylic acid groups (broad SMARTS) is 4. The Balaban J connectivity index is -0.000000174. The summed E-state index contributed by atoms with van der Waals surface area (Å²) >= 11 is 20.7. The minimum atomic E-state index is -4.27. The Hall–Kier alpha value is -6.26. The maximum atomic E-state index is 11.3. The van der Waals surface area contributed by atoms with Crippen LogP contribution < -0.4 is 30.5 Å². The number of amides is 2. The SMILES string of the molecule is C.CN.CN.CNC(=O)OC(C)(C)C.CNC(=O)OC(C)(C)C.ClCCl.O=C(O)c1ccccc1O.O=C(O)c1ccccc1O.O=C(O)c1ccccc1OS(=O)(=O)OCCS.O=C(O)c1ccccc1OS(=O)(=O)OCCS.O=S(=O)(O)OCCS. The average molecular weight is 1420 g/mol. The molecule has 0 bridgehead atoms. The summed E-state index contributed by atoms with van der Waals surface area (Å²) in [5, 5.41) is 57.1. The number of phenols is 2. The van der Waals surface area contributed by atoms with Crippen LogP contribution in [0, 0.1) is 0 Å². The summed E-state index contributed by atoms with van der Waals surface area (Å²) in [6.45, 7) is 10.5. The number of thiol groups is 3. The minimum absolute atomic E-state index is 0. The van der Waals surface area contributed by atoms with Crippen LogP contribution in [0.5, 0.6) is 23.0 Å². The Morgan fingerprint density at radius 1 is 0.477 bits per heavy atom. The summed E-state index contributed by atoms with van der Waals surface area (Å²) in [6, 6.07) is 22.4. The highest BCUT2D eigenvalue weighted by atomic mass is 35.5. The van der Waals surface area contributed by atoms with Crippen LogP contribution in [0.3, 0.4) is 0 Å². The number of ether oxygens (including phenoxy) is 2. The normalized spacial score (nSPS) is 9.98. The zero-order valence-electron chi connectivity index (χ0n) is 48.6. The van der Waals surface area contributed by atoms with E-state index in [-0.39, 0.29) is 118 Å². The lowest BCUT2D eigenvalue weighted by atomic mass is 10.2. The molecule has 88 heavy (non-hydrogen) atoms. The number of aromatic carboxylic acids is 4. The summed E-state index contributed by atoms with van der Waals surface area (Å²) in [5.41, 5.74) is 7.57. The Morgan fingerprint density at radius 2 is 0.705 bits per heavy atom. The number of benzene rings is 4. The summed E-state index contributed by atoms with van der Waals surface area (Å²) < 4.78 is 104. The van der Waals surface area contributed by atoms with Crippen molar-refractivity contribution in [3.63, 3.8) is 0 Å². The van der Waals surface area contributed by atoms with Gasteiger partial charge in [-0.05, 0) is 104 Å². The van der Waals surface area contributed by atoms with Crippen molar-refractivity contribution < 1.29 is 120 Å². The molecular formula is C50H80Cl2N4O26S6. The van der Waals surface area contributed by atoms with Gasteiger partial charge in [-0.25, -0.2) is 41.3 Å². The van der Waals surface area contributed by atoms with Gasteiger partial charge in [-0.15, -0.1) is 23.2 Å². The Labute approximate surface area is 539 Å². The maximum absolute atomic E-state index is 11.3. The van der Waals surface area contributed by atoms with E-state index < -0.39 is 55.1 Å². The smallest absolute Gasteiger partial charge is 0.449 e. The first kappa shape index (κ1) is 95.4. The van der Waals surface area contributed by atoms with Crippen molar-refractivity contribution in [1.82, 2.24) is 10.6 Å². The average Bonchev–Trinajstić information content (AvgIpc) is 2.21. The number of halogens is 2. The molecule has 38 heteroatoms. The Kier molecular flexibility index (Phi) is 58.3. The molecule has 13 N–H and O–H groups in total. The molecule has 0 fully saturated rings. The van der Waals surface area contributed by atoms with E-state index in [4.69, 9.17) is 67.9 Å². The van der Waals surface area contributed by atoms with Gasteiger partial charge >= 0.3 is 67.3 Å². The molecule has 4 rings (SSSR count). The van der Waals surface area contributed by atoms with Gasteiger partial charge in [-0.3, -0.25) is 4.55 Å². The molecule has 0 aromatic heterocycles. The molecule has 0 aliphatic rings. The summed E-state index contributed by atoms with van der Waals surface area (Å²) in [7, 11) is -6.69. The molecule has 4 aromatic carbocycles. The number of carbonyl (C=O) groups excluding carboxylic acids is 2. The highest BCUT2D eigenvalue weighted by molar-refractivity contribution is 7.83. The molecule has 0 heterocycles. The Morgan fingerprint density at radius 3 is 0.875 bits per heavy atom. The molecule has 0 aliphatic heterocycles. The number of carbonyl (C=O) groups is 6. The lowest BCUT2D eigenvalue weighted by Crippen LogP contribution is -2.30. The molecule has 2 amide bonds. The first-order valence-corrected chi connectivity index (χ1v) is 30.6. The summed E-state index contributed by atoms with van der Waals surface area (Å²) in [4.78, 5) is 63.1. The first-order chi connectivity index (χ1) is 40.2. The standard InChI is InChI=1S/2C9H10O6S2.2C7H6O3.2C6H13NO2.C2H6O4S2.CH2Cl2.2CH5N.CH4/c2*10-9(11)7-3-1-2-4-8(7)15-17(12,13)14-5-6-16;2*8-6-4-2-1-3-5(6)7(9)10;2*1-6(2,3)9-5(8)7-4;3-8(4,5)6-1-2-7;2-1-3;2*1-2;/h2*1-4,16H,5-6H2,(H,10,11);2*1-4,8H,(H,9,10);2*1-4H3,(H,7,8);7H,1-2H2,(H,3,4,5);1H2;2*2H2,1H3;1H4. The monoisotopic (exact) mass is 1410 g/mol. The number of alkyl carbamates (subject to hydrolysis) is 2. The number of hydrogen-bond acceptors (Lipinski definition) is 26. The van der Waals surface area contributed by atoms with Crippen LogP contribution >= 0.6 is 61.1 Å². The van der Waals surface area contributed by atoms with Gasteiger partial charge < -0.3 is 70.6 Å². The van der Waals surface area contributed by atoms with Gasteiger partial charge in [-0.1, -0.05) is 56.0 Å².